The van der Waals surface area contributed by atoms with Crippen molar-refractivity contribution in [1.82, 2.24) is 9.97 Å². The molecule has 17 heavy (non-hydrogen) atoms. The van der Waals surface area contributed by atoms with Gasteiger partial charge in [-0.1, -0.05) is 19.9 Å². The van der Waals surface area contributed by atoms with E-state index in [0.717, 1.165) is 12.1 Å². The highest BCUT2D eigenvalue weighted by Crippen LogP contribution is 2.27. The van der Waals surface area contributed by atoms with Gasteiger partial charge in [0.2, 0.25) is 5.95 Å². The van der Waals surface area contributed by atoms with E-state index in [1.807, 2.05) is 19.3 Å². The lowest BCUT2D eigenvalue weighted by atomic mass is 9.91. The van der Waals surface area contributed by atoms with Crippen LogP contribution in [-0.4, -0.2) is 16.5 Å². The Kier molecular flexibility index (Phi) is 3.43. The molecule has 0 amide bonds. The Labute approximate surface area is 106 Å². The number of hydrogen-bond donors (Lipinski definition) is 1. The molecule has 0 radical (unpaired) electrons. The predicted molar refractivity (Wildman–Crippen MR) is 72.6 cm³/mol. The van der Waals surface area contributed by atoms with Gasteiger partial charge in [0, 0.05) is 29.2 Å². The summed E-state index contributed by atoms with van der Waals surface area (Å²) in [5, 5.41) is 5.40. The van der Waals surface area contributed by atoms with Crippen LogP contribution >= 0.6 is 11.3 Å². The molecule has 1 N–H and O–H groups in total. The topological polar surface area (TPSA) is 37.8 Å². The highest BCUT2D eigenvalue weighted by Gasteiger charge is 2.21. The summed E-state index contributed by atoms with van der Waals surface area (Å²) in [5.41, 5.74) is 1.18. The van der Waals surface area contributed by atoms with Crippen molar-refractivity contribution in [2.75, 3.05) is 11.9 Å². The molecule has 0 unspecified atom stereocenters. The molecule has 0 aliphatic carbocycles. The Hall–Kier alpha value is -1.42. The van der Waals surface area contributed by atoms with Gasteiger partial charge in [-0.25, -0.2) is 9.97 Å². The molecule has 0 aromatic carbocycles. The molecule has 0 atom stereocenters. The lowest BCUT2D eigenvalue weighted by Crippen LogP contribution is -2.27. The summed E-state index contributed by atoms with van der Waals surface area (Å²) < 4.78 is 0. The molecule has 2 aromatic rings. The Morgan fingerprint density at radius 2 is 2.00 bits per heavy atom. The largest absolute Gasteiger partial charge is 0.353 e. The van der Waals surface area contributed by atoms with Gasteiger partial charge in [0.1, 0.15) is 0 Å². The summed E-state index contributed by atoms with van der Waals surface area (Å²) in [6.07, 6.45) is 3.65. The van der Waals surface area contributed by atoms with Gasteiger partial charge < -0.3 is 5.32 Å². The van der Waals surface area contributed by atoms with E-state index in [2.05, 4.69) is 46.6 Å². The van der Waals surface area contributed by atoms with Gasteiger partial charge in [-0.05, 0) is 23.9 Å². The van der Waals surface area contributed by atoms with Crippen LogP contribution in [0.25, 0.3) is 0 Å². The van der Waals surface area contributed by atoms with Crippen LogP contribution in [-0.2, 0) is 5.41 Å². The van der Waals surface area contributed by atoms with Crippen molar-refractivity contribution < 1.29 is 0 Å². The Morgan fingerprint density at radius 1 is 1.29 bits per heavy atom. The summed E-state index contributed by atoms with van der Waals surface area (Å²) in [7, 11) is 0. The Balaban J connectivity index is 2.00. The van der Waals surface area contributed by atoms with Crippen molar-refractivity contribution in [3.05, 3.63) is 40.3 Å². The van der Waals surface area contributed by atoms with Crippen molar-refractivity contribution in [1.29, 1.82) is 0 Å². The van der Waals surface area contributed by atoms with Gasteiger partial charge in [-0.3, -0.25) is 0 Å². The maximum atomic E-state index is 4.24. The highest BCUT2D eigenvalue weighted by molar-refractivity contribution is 7.10. The van der Waals surface area contributed by atoms with Gasteiger partial charge in [0.25, 0.3) is 0 Å². The predicted octanol–water partition coefficient (Wildman–Crippen LogP) is 3.24. The zero-order valence-electron chi connectivity index (χ0n) is 10.4. The second kappa shape index (κ2) is 4.84. The molecule has 0 aliphatic heterocycles. The van der Waals surface area contributed by atoms with Crippen molar-refractivity contribution in [2.45, 2.75) is 26.2 Å². The summed E-state index contributed by atoms with van der Waals surface area (Å²) in [6, 6.07) is 4.26. The van der Waals surface area contributed by atoms with Crippen molar-refractivity contribution >= 4 is 17.3 Å². The van der Waals surface area contributed by atoms with Gasteiger partial charge >= 0.3 is 0 Å². The summed E-state index contributed by atoms with van der Waals surface area (Å²) in [5.74, 6) is 0.695. The van der Waals surface area contributed by atoms with E-state index in [1.165, 1.54) is 4.88 Å². The molecule has 0 saturated heterocycles. The maximum Gasteiger partial charge on any atom is 0.222 e. The van der Waals surface area contributed by atoms with Crippen LogP contribution in [0.15, 0.2) is 29.9 Å². The van der Waals surface area contributed by atoms with Gasteiger partial charge in [0.15, 0.2) is 0 Å². The fourth-order valence-electron chi connectivity index (χ4n) is 1.53. The minimum absolute atomic E-state index is 0.0996. The molecule has 0 saturated carbocycles. The molecule has 0 spiro atoms. The average Bonchev–Trinajstić information content (AvgIpc) is 2.82. The van der Waals surface area contributed by atoms with E-state index >= 15 is 0 Å². The number of nitrogens with zero attached hydrogens (tertiary/aromatic N) is 2. The van der Waals surface area contributed by atoms with Gasteiger partial charge in [0.05, 0.1) is 0 Å². The SMILES string of the molecule is Cc1cnc(NCC(C)(C)c2cccs2)nc1. The lowest BCUT2D eigenvalue weighted by Gasteiger charge is -2.23. The van der Waals surface area contributed by atoms with E-state index in [0.29, 0.717) is 5.95 Å². The molecule has 0 fully saturated rings. The molecule has 0 aliphatic rings. The molecule has 2 rings (SSSR count). The van der Waals surface area contributed by atoms with Crippen molar-refractivity contribution in [3.8, 4) is 0 Å². The van der Waals surface area contributed by atoms with Crippen molar-refractivity contribution in [2.24, 2.45) is 0 Å². The fraction of sp³-hybridized carbons (Fsp3) is 0.385. The van der Waals surface area contributed by atoms with Gasteiger partial charge in [-0.2, -0.15) is 0 Å². The smallest absolute Gasteiger partial charge is 0.222 e. The molecular formula is C13H17N3S. The first-order chi connectivity index (χ1) is 8.08. The standard InChI is InChI=1S/C13H17N3S/c1-10-7-14-12(15-8-10)16-9-13(2,3)11-5-4-6-17-11/h4-8H,9H2,1-3H3,(H,14,15,16). The van der Waals surface area contributed by atoms with Crippen LogP contribution in [0.5, 0.6) is 0 Å². The third kappa shape index (κ3) is 3.03. The van der Waals surface area contributed by atoms with E-state index in [4.69, 9.17) is 0 Å². The minimum Gasteiger partial charge on any atom is -0.353 e. The van der Waals surface area contributed by atoms with Crippen LogP contribution in [0.4, 0.5) is 5.95 Å². The van der Waals surface area contributed by atoms with Crippen LogP contribution < -0.4 is 5.32 Å². The molecular weight excluding hydrogens is 230 g/mol. The third-order valence-electron chi connectivity index (χ3n) is 2.66. The number of anilines is 1. The summed E-state index contributed by atoms with van der Waals surface area (Å²) in [4.78, 5) is 9.86. The average molecular weight is 247 g/mol. The normalized spacial score (nSPS) is 11.5. The van der Waals surface area contributed by atoms with Crippen LogP contribution in [0.1, 0.15) is 24.3 Å². The maximum absolute atomic E-state index is 4.24. The van der Waals surface area contributed by atoms with E-state index in [-0.39, 0.29) is 5.41 Å². The van der Waals surface area contributed by atoms with Crippen LogP contribution in [0.2, 0.25) is 0 Å². The monoisotopic (exact) mass is 247 g/mol. The lowest BCUT2D eigenvalue weighted by molar-refractivity contribution is 0.567. The quantitative estimate of drug-likeness (QED) is 0.901. The number of rotatable bonds is 4. The number of aromatic nitrogens is 2. The zero-order valence-corrected chi connectivity index (χ0v) is 11.2. The van der Waals surface area contributed by atoms with Gasteiger partial charge in [-0.15, -0.1) is 11.3 Å². The molecule has 2 aromatic heterocycles. The van der Waals surface area contributed by atoms with E-state index in [1.54, 1.807) is 11.3 Å². The number of aryl methyl sites for hydroxylation is 1. The molecule has 0 bridgehead atoms. The molecule has 2 heterocycles. The molecule has 3 nitrogen and oxygen atoms in total. The van der Waals surface area contributed by atoms with E-state index < -0.39 is 0 Å². The first-order valence-corrected chi connectivity index (χ1v) is 6.52. The van der Waals surface area contributed by atoms with Crippen molar-refractivity contribution in [3.63, 3.8) is 0 Å². The second-order valence-electron chi connectivity index (χ2n) is 4.80. The minimum atomic E-state index is 0.0996. The van der Waals surface area contributed by atoms with Crippen LogP contribution in [0.3, 0.4) is 0 Å². The second-order valence-corrected chi connectivity index (χ2v) is 5.75. The Morgan fingerprint density at radius 3 is 2.59 bits per heavy atom. The zero-order chi connectivity index (χ0) is 12.3. The first-order valence-electron chi connectivity index (χ1n) is 5.64. The Bertz CT molecular complexity index is 460. The molecule has 90 valence electrons. The van der Waals surface area contributed by atoms with E-state index in [9.17, 15) is 0 Å². The molecule has 4 heteroatoms. The fourth-order valence-corrected chi connectivity index (χ4v) is 2.39. The number of hydrogen-bond acceptors (Lipinski definition) is 4. The highest BCUT2D eigenvalue weighted by atomic mass is 32.1. The number of nitrogens with one attached hydrogen (secondary N) is 1. The number of thiophene rings is 1. The van der Waals surface area contributed by atoms with Crippen LogP contribution in [0, 0.1) is 6.92 Å². The third-order valence-corrected chi connectivity index (χ3v) is 3.89. The summed E-state index contributed by atoms with van der Waals surface area (Å²) >= 11 is 1.79. The first kappa shape index (κ1) is 12.0. The summed E-state index contributed by atoms with van der Waals surface area (Å²) in [6.45, 7) is 7.26.